The van der Waals surface area contributed by atoms with Crippen molar-refractivity contribution in [2.45, 2.75) is 33.6 Å². The predicted molar refractivity (Wildman–Crippen MR) is 69.2 cm³/mol. The van der Waals surface area contributed by atoms with E-state index in [1.807, 2.05) is 12.3 Å². The molecule has 0 fully saturated rings. The first-order valence-electron chi connectivity index (χ1n) is 5.54. The third kappa shape index (κ3) is 3.49. The largest absolute Gasteiger partial charge is 0.369 e. The van der Waals surface area contributed by atoms with E-state index in [9.17, 15) is 0 Å². The fourth-order valence-corrected chi connectivity index (χ4v) is 1.86. The topological polar surface area (TPSA) is 24.9 Å². The van der Waals surface area contributed by atoms with E-state index in [-0.39, 0.29) is 0 Å². The molecular weight excluding hydrogens is 252 g/mol. The van der Waals surface area contributed by atoms with Crippen LogP contribution in [0.1, 0.15) is 32.3 Å². The maximum absolute atomic E-state index is 4.32. The molecule has 15 heavy (non-hydrogen) atoms. The summed E-state index contributed by atoms with van der Waals surface area (Å²) in [7, 11) is 0. The number of nitrogens with one attached hydrogen (secondary N) is 1. The summed E-state index contributed by atoms with van der Waals surface area (Å²) in [4.78, 5) is 4.32. The summed E-state index contributed by atoms with van der Waals surface area (Å²) in [5.74, 6) is 1.70. The quantitative estimate of drug-likeness (QED) is 0.875. The van der Waals surface area contributed by atoms with Crippen LogP contribution in [0.25, 0.3) is 0 Å². The Morgan fingerprint density at radius 2 is 2.07 bits per heavy atom. The van der Waals surface area contributed by atoms with Crippen LogP contribution in [0.3, 0.4) is 0 Å². The summed E-state index contributed by atoms with van der Waals surface area (Å²) in [5.41, 5.74) is 1.22. The van der Waals surface area contributed by atoms with Gasteiger partial charge in [-0.3, -0.25) is 0 Å². The van der Waals surface area contributed by atoms with E-state index in [2.05, 4.69) is 47.0 Å². The first kappa shape index (κ1) is 12.5. The standard InChI is InChI=1S/C12H19BrN2/c1-4-10(5-2)8-15-12-11(13)9(3)6-7-14-12/h6-7,10H,4-5,8H2,1-3H3,(H,14,15). The van der Waals surface area contributed by atoms with Crippen LogP contribution >= 0.6 is 15.9 Å². The first-order chi connectivity index (χ1) is 7.19. The number of halogens is 1. The van der Waals surface area contributed by atoms with Crippen molar-refractivity contribution in [2.75, 3.05) is 11.9 Å². The first-order valence-corrected chi connectivity index (χ1v) is 6.33. The Morgan fingerprint density at radius 1 is 1.40 bits per heavy atom. The van der Waals surface area contributed by atoms with E-state index < -0.39 is 0 Å². The molecule has 0 aromatic carbocycles. The van der Waals surface area contributed by atoms with Gasteiger partial charge in [-0.1, -0.05) is 26.7 Å². The van der Waals surface area contributed by atoms with Crippen LogP contribution < -0.4 is 5.32 Å². The third-order valence-electron chi connectivity index (χ3n) is 2.80. The van der Waals surface area contributed by atoms with E-state index in [4.69, 9.17) is 0 Å². The molecule has 0 bridgehead atoms. The second kappa shape index (κ2) is 6.11. The minimum absolute atomic E-state index is 0.735. The fourth-order valence-electron chi connectivity index (χ4n) is 1.48. The highest BCUT2D eigenvalue weighted by Crippen LogP contribution is 2.23. The second-order valence-electron chi connectivity index (χ2n) is 3.85. The number of aryl methyl sites for hydroxylation is 1. The summed E-state index contributed by atoms with van der Waals surface area (Å²) in [5, 5.41) is 3.40. The van der Waals surface area contributed by atoms with Crippen LogP contribution in [-0.4, -0.2) is 11.5 Å². The number of rotatable bonds is 5. The molecule has 0 aliphatic heterocycles. The normalized spacial score (nSPS) is 10.7. The number of nitrogens with zero attached hydrogens (tertiary/aromatic N) is 1. The molecule has 1 aromatic heterocycles. The molecule has 2 nitrogen and oxygen atoms in total. The maximum atomic E-state index is 4.32. The lowest BCUT2D eigenvalue weighted by Crippen LogP contribution is -2.13. The van der Waals surface area contributed by atoms with Gasteiger partial charge in [0.05, 0.1) is 4.47 Å². The van der Waals surface area contributed by atoms with Gasteiger partial charge in [-0.2, -0.15) is 0 Å². The number of pyridine rings is 1. The van der Waals surface area contributed by atoms with Crippen molar-refractivity contribution in [2.24, 2.45) is 5.92 Å². The third-order valence-corrected chi connectivity index (χ3v) is 3.80. The Hall–Kier alpha value is -0.570. The summed E-state index contributed by atoms with van der Waals surface area (Å²) in [6.07, 6.45) is 4.27. The van der Waals surface area contributed by atoms with Crippen molar-refractivity contribution in [3.63, 3.8) is 0 Å². The zero-order chi connectivity index (χ0) is 11.3. The number of hydrogen-bond donors (Lipinski definition) is 1. The van der Waals surface area contributed by atoms with Gasteiger partial charge in [0.1, 0.15) is 5.82 Å². The Balaban J connectivity index is 2.61. The van der Waals surface area contributed by atoms with Crippen LogP contribution in [0, 0.1) is 12.8 Å². The van der Waals surface area contributed by atoms with Crippen molar-refractivity contribution >= 4 is 21.7 Å². The minimum atomic E-state index is 0.735. The van der Waals surface area contributed by atoms with Gasteiger partial charge in [-0.05, 0) is 40.4 Å². The predicted octanol–water partition coefficient (Wildman–Crippen LogP) is 4.00. The molecule has 3 heteroatoms. The molecule has 1 rings (SSSR count). The molecule has 0 aliphatic rings. The Kier molecular flexibility index (Phi) is 5.09. The van der Waals surface area contributed by atoms with Crippen LogP contribution in [0.15, 0.2) is 16.7 Å². The van der Waals surface area contributed by atoms with Crippen molar-refractivity contribution in [3.8, 4) is 0 Å². The van der Waals surface area contributed by atoms with Crippen LogP contribution in [-0.2, 0) is 0 Å². The molecule has 0 spiro atoms. The highest BCUT2D eigenvalue weighted by atomic mass is 79.9. The maximum Gasteiger partial charge on any atom is 0.140 e. The minimum Gasteiger partial charge on any atom is -0.369 e. The lowest BCUT2D eigenvalue weighted by Gasteiger charge is -2.15. The van der Waals surface area contributed by atoms with Crippen molar-refractivity contribution in [1.29, 1.82) is 0 Å². The van der Waals surface area contributed by atoms with E-state index in [0.717, 1.165) is 22.8 Å². The molecule has 1 N–H and O–H groups in total. The summed E-state index contributed by atoms with van der Waals surface area (Å²) < 4.78 is 1.08. The van der Waals surface area contributed by atoms with Crippen LogP contribution in [0.5, 0.6) is 0 Å². The monoisotopic (exact) mass is 270 g/mol. The molecule has 1 heterocycles. The van der Waals surface area contributed by atoms with Gasteiger partial charge in [0, 0.05) is 12.7 Å². The smallest absolute Gasteiger partial charge is 0.140 e. The molecule has 0 aliphatic carbocycles. The van der Waals surface area contributed by atoms with Crippen molar-refractivity contribution < 1.29 is 0 Å². The molecule has 84 valence electrons. The van der Waals surface area contributed by atoms with Gasteiger partial charge < -0.3 is 5.32 Å². The highest BCUT2D eigenvalue weighted by Gasteiger charge is 2.06. The highest BCUT2D eigenvalue weighted by molar-refractivity contribution is 9.10. The molecule has 0 atom stereocenters. The van der Waals surface area contributed by atoms with Gasteiger partial charge in [0.25, 0.3) is 0 Å². The number of aromatic nitrogens is 1. The summed E-state index contributed by atoms with van der Waals surface area (Å²) >= 11 is 3.55. The Morgan fingerprint density at radius 3 is 2.67 bits per heavy atom. The lowest BCUT2D eigenvalue weighted by atomic mass is 10.0. The van der Waals surface area contributed by atoms with Gasteiger partial charge in [0.2, 0.25) is 0 Å². The van der Waals surface area contributed by atoms with Crippen molar-refractivity contribution in [3.05, 3.63) is 22.3 Å². The van der Waals surface area contributed by atoms with E-state index in [1.165, 1.54) is 18.4 Å². The Labute approximate surface area is 101 Å². The van der Waals surface area contributed by atoms with Gasteiger partial charge in [-0.25, -0.2) is 4.98 Å². The molecule has 1 aromatic rings. The zero-order valence-electron chi connectivity index (χ0n) is 9.68. The molecule has 0 saturated heterocycles. The van der Waals surface area contributed by atoms with Crippen molar-refractivity contribution in [1.82, 2.24) is 4.98 Å². The summed E-state index contributed by atoms with van der Waals surface area (Å²) in [6, 6.07) is 2.01. The molecule has 0 radical (unpaired) electrons. The zero-order valence-corrected chi connectivity index (χ0v) is 11.3. The average molecular weight is 271 g/mol. The number of hydrogen-bond acceptors (Lipinski definition) is 2. The van der Waals surface area contributed by atoms with Gasteiger partial charge in [-0.15, -0.1) is 0 Å². The molecule has 0 saturated carbocycles. The SMILES string of the molecule is CCC(CC)CNc1nccc(C)c1Br. The van der Waals surface area contributed by atoms with E-state index >= 15 is 0 Å². The molecule has 0 amide bonds. The second-order valence-corrected chi connectivity index (χ2v) is 4.65. The van der Waals surface area contributed by atoms with E-state index in [0.29, 0.717) is 0 Å². The van der Waals surface area contributed by atoms with E-state index in [1.54, 1.807) is 0 Å². The van der Waals surface area contributed by atoms with Gasteiger partial charge >= 0.3 is 0 Å². The van der Waals surface area contributed by atoms with Crippen LogP contribution in [0.4, 0.5) is 5.82 Å². The average Bonchev–Trinajstić information content (AvgIpc) is 2.25. The molecular formula is C12H19BrN2. The lowest BCUT2D eigenvalue weighted by molar-refractivity contribution is 0.518. The number of anilines is 1. The molecule has 0 unspecified atom stereocenters. The van der Waals surface area contributed by atoms with Gasteiger partial charge in [0.15, 0.2) is 0 Å². The summed E-state index contributed by atoms with van der Waals surface area (Å²) in [6.45, 7) is 7.54. The fraction of sp³-hybridized carbons (Fsp3) is 0.583. The Bertz CT molecular complexity index is 308. The van der Waals surface area contributed by atoms with Crippen LogP contribution in [0.2, 0.25) is 0 Å².